The summed E-state index contributed by atoms with van der Waals surface area (Å²) in [5.41, 5.74) is 2.89. The molecule has 2 heterocycles. The quantitative estimate of drug-likeness (QED) is 0.119. The van der Waals surface area contributed by atoms with Crippen molar-refractivity contribution in [2.24, 2.45) is 0 Å². The number of allylic oxidation sites excluding steroid dienone is 2. The second-order valence-electron chi connectivity index (χ2n) is 9.54. The summed E-state index contributed by atoms with van der Waals surface area (Å²) in [6.07, 6.45) is 5.92. The van der Waals surface area contributed by atoms with Crippen molar-refractivity contribution >= 4 is 45.8 Å². The fourth-order valence-corrected chi connectivity index (χ4v) is 4.80. The van der Waals surface area contributed by atoms with Gasteiger partial charge in [0, 0.05) is 36.3 Å². The van der Waals surface area contributed by atoms with Gasteiger partial charge in [-0.15, -0.1) is 0 Å². The predicted octanol–water partition coefficient (Wildman–Crippen LogP) is 8.85. The number of hydrogen-bond donors (Lipinski definition) is 1. The SMILES string of the molecule is C=CC=C.CC.CC.COC(=O)Cc1c(Cl)nc(Cc2ccc(NC(=O)c3ccc4ccccc4c3)cc2)nc1N1CCCC1. The molecule has 45 heavy (non-hydrogen) atoms. The first-order valence-electron chi connectivity index (χ1n) is 15.4. The maximum Gasteiger partial charge on any atom is 0.310 e. The van der Waals surface area contributed by atoms with Gasteiger partial charge in [0.15, 0.2) is 0 Å². The summed E-state index contributed by atoms with van der Waals surface area (Å²) in [4.78, 5) is 36.1. The van der Waals surface area contributed by atoms with Gasteiger partial charge in [0.25, 0.3) is 5.91 Å². The highest BCUT2D eigenvalue weighted by Gasteiger charge is 2.23. The zero-order valence-corrected chi connectivity index (χ0v) is 27.9. The van der Waals surface area contributed by atoms with Crippen LogP contribution in [0.5, 0.6) is 0 Å². The van der Waals surface area contributed by atoms with E-state index in [4.69, 9.17) is 21.3 Å². The third-order valence-corrected chi connectivity index (χ3v) is 7.00. The summed E-state index contributed by atoms with van der Waals surface area (Å²) in [7, 11) is 1.36. The molecule has 3 aromatic carbocycles. The zero-order valence-electron chi connectivity index (χ0n) is 27.1. The van der Waals surface area contributed by atoms with Gasteiger partial charge in [-0.2, -0.15) is 0 Å². The van der Waals surface area contributed by atoms with Crippen LogP contribution in [0.1, 0.15) is 67.8 Å². The van der Waals surface area contributed by atoms with Gasteiger partial charge in [-0.05, 0) is 53.4 Å². The summed E-state index contributed by atoms with van der Waals surface area (Å²) in [5.74, 6) is 0.746. The van der Waals surface area contributed by atoms with E-state index in [1.807, 2.05) is 94.4 Å². The Morgan fingerprint density at radius 2 is 1.53 bits per heavy atom. The number of fused-ring (bicyclic) bond motifs is 1. The molecule has 0 atom stereocenters. The summed E-state index contributed by atoms with van der Waals surface area (Å²) in [6.45, 7) is 16.5. The standard InChI is InChI=1S/C29H27ClN4O3.C4H6.2C2H6/c1-37-26(35)18-24-27(30)32-25(33-28(24)34-14-4-5-15-34)16-19-8-12-23(13-9-19)31-29(36)22-11-10-20-6-2-3-7-21(20)17-22;1-3-4-2;2*1-2/h2-3,6-13,17H,4-5,14-16,18H2,1H3,(H,31,36);3-4H,1-2H2;2*1-2H3. The molecule has 0 unspecified atom stereocenters. The lowest BCUT2D eigenvalue weighted by molar-refractivity contribution is -0.139. The molecule has 1 fully saturated rings. The molecule has 238 valence electrons. The van der Waals surface area contributed by atoms with Crippen LogP contribution in [-0.2, 0) is 22.4 Å². The summed E-state index contributed by atoms with van der Waals surface area (Å²) in [5, 5.41) is 5.35. The molecular formula is C37H45ClN4O3. The molecule has 1 amide bonds. The van der Waals surface area contributed by atoms with Gasteiger partial charge in [0.2, 0.25) is 0 Å². The first kappa shape index (κ1) is 36.7. The van der Waals surface area contributed by atoms with E-state index < -0.39 is 0 Å². The van der Waals surface area contributed by atoms with Crippen molar-refractivity contribution in [3.8, 4) is 0 Å². The lowest BCUT2D eigenvalue weighted by Gasteiger charge is -2.21. The zero-order chi connectivity index (χ0) is 33.2. The van der Waals surface area contributed by atoms with Gasteiger partial charge in [0.05, 0.1) is 13.5 Å². The molecule has 5 rings (SSSR count). The molecule has 0 saturated carbocycles. The van der Waals surface area contributed by atoms with E-state index in [1.165, 1.54) is 7.11 Å². The molecule has 1 aliphatic heterocycles. The second-order valence-corrected chi connectivity index (χ2v) is 9.90. The number of carbonyl (C=O) groups is 2. The maximum absolute atomic E-state index is 12.8. The second kappa shape index (κ2) is 19.7. The van der Waals surface area contributed by atoms with Crippen molar-refractivity contribution in [1.29, 1.82) is 0 Å². The molecule has 1 saturated heterocycles. The minimum atomic E-state index is -0.375. The largest absolute Gasteiger partial charge is 0.469 e. The van der Waals surface area contributed by atoms with E-state index in [2.05, 4.69) is 28.4 Å². The van der Waals surface area contributed by atoms with Crippen LogP contribution in [0, 0.1) is 0 Å². The van der Waals surface area contributed by atoms with E-state index in [9.17, 15) is 9.59 Å². The van der Waals surface area contributed by atoms with Gasteiger partial charge >= 0.3 is 5.97 Å². The third-order valence-electron chi connectivity index (χ3n) is 6.69. The molecule has 0 aliphatic carbocycles. The van der Waals surface area contributed by atoms with Crippen molar-refractivity contribution in [2.45, 2.75) is 53.4 Å². The summed E-state index contributed by atoms with van der Waals surface area (Å²) < 4.78 is 4.84. The minimum Gasteiger partial charge on any atom is -0.469 e. The number of methoxy groups -OCH3 is 1. The van der Waals surface area contributed by atoms with Crippen molar-refractivity contribution < 1.29 is 14.3 Å². The van der Waals surface area contributed by atoms with Crippen LogP contribution in [0.15, 0.2) is 92.0 Å². The van der Waals surface area contributed by atoms with Gasteiger partial charge < -0.3 is 15.0 Å². The van der Waals surface area contributed by atoms with Crippen molar-refractivity contribution in [1.82, 2.24) is 9.97 Å². The van der Waals surface area contributed by atoms with E-state index >= 15 is 0 Å². The fourth-order valence-electron chi connectivity index (χ4n) is 4.55. The Balaban J connectivity index is 0.000000804. The number of halogens is 1. The number of carbonyl (C=O) groups excluding carboxylic acids is 2. The fraction of sp³-hybridized carbons (Fsp3) is 0.297. The Morgan fingerprint density at radius 1 is 0.911 bits per heavy atom. The average molecular weight is 629 g/mol. The normalized spacial score (nSPS) is 11.5. The Kier molecular flexibility index (Phi) is 16.1. The van der Waals surface area contributed by atoms with Crippen LogP contribution in [0.4, 0.5) is 11.5 Å². The Morgan fingerprint density at radius 3 is 2.13 bits per heavy atom. The van der Waals surface area contributed by atoms with E-state index in [-0.39, 0.29) is 23.5 Å². The molecule has 0 radical (unpaired) electrons. The van der Waals surface area contributed by atoms with Gasteiger partial charge in [-0.25, -0.2) is 9.97 Å². The number of rotatable bonds is 8. The minimum absolute atomic E-state index is 0.0348. The molecule has 1 N–H and O–H groups in total. The molecule has 1 aromatic heterocycles. The average Bonchev–Trinajstić information content (AvgIpc) is 3.63. The Hall–Kier alpha value is -4.49. The van der Waals surface area contributed by atoms with E-state index in [0.29, 0.717) is 34.9 Å². The van der Waals surface area contributed by atoms with Crippen LogP contribution in [0.2, 0.25) is 5.15 Å². The van der Waals surface area contributed by atoms with Crippen molar-refractivity contribution in [3.63, 3.8) is 0 Å². The number of esters is 1. The molecule has 0 bridgehead atoms. The lowest BCUT2D eigenvalue weighted by atomic mass is 10.1. The van der Waals surface area contributed by atoms with E-state index in [1.54, 1.807) is 12.2 Å². The van der Waals surface area contributed by atoms with Gasteiger partial charge in [-0.3, -0.25) is 9.59 Å². The number of nitrogens with one attached hydrogen (secondary N) is 1. The van der Waals surface area contributed by atoms with Gasteiger partial charge in [-0.1, -0.05) is 107 Å². The molecule has 1 aliphatic rings. The number of nitrogens with zero attached hydrogens (tertiary/aromatic N) is 3. The predicted molar refractivity (Wildman–Crippen MR) is 188 cm³/mol. The number of anilines is 2. The van der Waals surface area contributed by atoms with Crippen molar-refractivity contribution in [2.75, 3.05) is 30.4 Å². The highest BCUT2D eigenvalue weighted by atomic mass is 35.5. The lowest BCUT2D eigenvalue weighted by Crippen LogP contribution is -2.23. The van der Waals surface area contributed by atoms with Crippen LogP contribution >= 0.6 is 11.6 Å². The first-order chi connectivity index (χ1) is 21.9. The number of aromatic nitrogens is 2. The summed E-state index contributed by atoms with van der Waals surface area (Å²) in [6, 6.07) is 21.2. The Bertz CT molecular complexity index is 1540. The van der Waals surface area contributed by atoms with E-state index in [0.717, 1.165) is 42.3 Å². The van der Waals surface area contributed by atoms with Crippen LogP contribution in [-0.4, -0.2) is 42.0 Å². The van der Waals surface area contributed by atoms with Crippen molar-refractivity contribution in [3.05, 3.63) is 120 Å². The van der Waals surface area contributed by atoms with Crippen LogP contribution < -0.4 is 10.2 Å². The molecule has 8 heteroatoms. The smallest absolute Gasteiger partial charge is 0.310 e. The van der Waals surface area contributed by atoms with Crippen LogP contribution in [0.3, 0.4) is 0 Å². The van der Waals surface area contributed by atoms with Gasteiger partial charge in [0.1, 0.15) is 16.8 Å². The third kappa shape index (κ3) is 10.9. The molecule has 0 spiro atoms. The first-order valence-corrected chi connectivity index (χ1v) is 15.8. The molecule has 4 aromatic rings. The highest BCUT2D eigenvalue weighted by Crippen LogP contribution is 2.29. The number of amides is 1. The number of benzene rings is 3. The molecular weight excluding hydrogens is 584 g/mol. The summed E-state index contributed by atoms with van der Waals surface area (Å²) >= 11 is 6.52. The molecule has 7 nitrogen and oxygen atoms in total. The Labute approximate surface area is 273 Å². The number of ether oxygens (including phenoxy) is 1. The monoisotopic (exact) mass is 628 g/mol. The topological polar surface area (TPSA) is 84.4 Å². The maximum atomic E-state index is 12.8. The number of hydrogen-bond acceptors (Lipinski definition) is 6. The highest BCUT2D eigenvalue weighted by molar-refractivity contribution is 6.30. The van der Waals surface area contributed by atoms with Crippen LogP contribution in [0.25, 0.3) is 10.8 Å².